The Morgan fingerprint density at radius 3 is 2.14 bits per heavy atom. The Bertz CT molecular complexity index is 675. The fourth-order valence-electron chi connectivity index (χ4n) is 4.62. The van der Waals surface area contributed by atoms with Gasteiger partial charge in [0, 0.05) is 43.0 Å². The van der Waals surface area contributed by atoms with Crippen molar-refractivity contribution in [1.29, 1.82) is 0 Å². The highest BCUT2D eigenvalue weighted by Gasteiger charge is 2.34. The Labute approximate surface area is 166 Å². The molecule has 1 aromatic rings. The first-order valence-electron chi connectivity index (χ1n) is 10.4. The third-order valence-electron chi connectivity index (χ3n) is 5.97. The molecule has 1 aromatic carbocycles. The maximum atomic E-state index is 12.4. The zero-order chi connectivity index (χ0) is 19.3. The number of morpholine rings is 1. The summed E-state index contributed by atoms with van der Waals surface area (Å²) in [6.45, 7) is 3.31. The van der Waals surface area contributed by atoms with Crippen LogP contribution in [0, 0.1) is 5.92 Å². The van der Waals surface area contributed by atoms with Gasteiger partial charge in [-0.3, -0.25) is 14.5 Å². The molecule has 0 aromatic heterocycles. The summed E-state index contributed by atoms with van der Waals surface area (Å²) >= 11 is 0. The fourth-order valence-corrected chi connectivity index (χ4v) is 4.62. The molecule has 2 atom stereocenters. The quantitative estimate of drug-likeness (QED) is 0.695. The molecule has 7 heteroatoms. The van der Waals surface area contributed by atoms with Crippen LogP contribution < -0.4 is 16.0 Å². The molecule has 3 N–H and O–H groups in total. The topological polar surface area (TPSA) is 82.7 Å². The van der Waals surface area contributed by atoms with E-state index in [4.69, 9.17) is 4.74 Å². The van der Waals surface area contributed by atoms with Crippen LogP contribution in [0.4, 0.5) is 11.4 Å². The number of fused-ring (bicyclic) bond motifs is 2. The van der Waals surface area contributed by atoms with E-state index in [2.05, 4.69) is 20.9 Å². The summed E-state index contributed by atoms with van der Waals surface area (Å²) in [5.74, 6) is 0.534. The Morgan fingerprint density at radius 2 is 1.54 bits per heavy atom. The van der Waals surface area contributed by atoms with Crippen molar-refractivity contribution < 1.29 is 14.3 Å². The zero-order valence-corrected chi connectivity index (χ0v) is 16.3. The summed E-state index contributed by atoms with van der Waals surface area (Å²) in [7, 11) is 0. The molecule has 28 heavy (non-hydrogen) atoms. The third-order valence-corrected chi connectivity index (χ3v) is 5.97. The number of rotatable bonds is 6. The monoisotopic (exact) mass is 386 g/mol. The fraction of sp³-hybridized carbons (Fsp3) is 0.619. The van der Waals surface area contributed by atoms with E-state index < -0.39 is 0 Å². The molecule has 3 saturated heterocycles. The third kappa shape index (κ3) is 5.31. The van der Waals surface area contributed by atoms with Gasteiger partial charge in [-0.25, -0.2) is 0 Å². The van der Waals surface area contributed by atoms with Gasteiger partial charge in [-0.2, -0.15) is 0 Å². The molecule has 0 radical (unpaired) electrons. The highest BCUT2D eigenvalue weighted by molar-refractivity contribution is 5.93. The van der Waals surface area contributed by atoms with Crippen LogP contribution in [0.1, 0.15) is 32.1 Å². The molecule has 3 aliphatic heterocycles. The van der Waals surface area contributed by atoms with Crippen LogP contribution in [0.25, 0.3) is 0 Å². The van der Waals surface area contributed by atoms with Gasteiger partial charge in [-0.05, 0) is 55.9 Å². The summed E-state index contributed by atoms with van der Waals surface area (Å²) in [5, 5.41) is 9.52. The van der Waals surface area contributed by atoms with E-state index in [0.717, 1.165) is 37.3 Å². The van der Waals surface area contributed by atoms with E-state index in [0.29, 0.717) is 44.2 Å². The van der Waals surface area contributed by atoms with Crippen molar-refractivity contribution in [2.24, 2.45) is 5.92 Å². The number of nitrogens with one attached hydrogen (secondary N) is 3. The van der Waals surface area contributed by atoms with Gasteiger partial charge in [0.2, 0.25) is 11.8 Å². The zero-order valence-electron chi connectivity index (χ0n) is 16.3. The summed E-state index contributed by atoms with van der Waals surface area (Å²) in [5.41, 5.74) is 1.51. The molecule has 0 saturated carbocycles. The minimum Gasteiger partial charge on any atom is -0.379 e. The van der Waals surface area contributed by atoms with Crippen molar-refractivity contribution in [1.82, 2.24) is 10.2 Å². The van der Waals surface area contributed by atoms with Crippen molar-refractivity contribution in [2.45, 2.75) is 44.2 Å². The smallest absolute Gasteiger partial charge is 0.238 e. The normalized spacial score (nSPS) is 27.4. The van der Waals surface area contributed by atoms with Gasteiger partial charge in [-0.15, -0.1) is 0 Å². The van der Waals surface area contributed by atoms with E-state index in [1.54, 1.807) is 0 Å². The molecule has 2 amide bonds. The van der Waals surface area contributed by atoms with E-state index in [1.165, 1.54) is 12.8 Å². The minimum absolute atomic E-state index is 0.0285. The number of hydrogen-bond acceptors (Lipinski definition) is 5. The number of nitrogens with zero attached hydrogens (tertiary/aromatic N) is 1. The SMILES string of the molecule is O=C(CC1CC2CCC(C1)N2)Nc1ccc(NC(=O)CN2CCOCC2)cc1. The maximum absolute atomic E-state index is 12.4. The second-order valence-electron chi connectivity index (χ2n) is 8.24. The molecule has 0 spiro atoms. The van der Waals surface area contributed by atoms with Crippen LogP contribution in [0.2, 0.25) is 0 Å². The van der Waals surface area contributed by atoms with Gasteiger partial charge in [0.25, 0.3) is 0 Å². The molecule has 0 aliphatic carbocycles. The van der Waals surface area contributed by atoms with E-state index >= 15 is 0 Å². The second-order valence-corrected chi connectivity index (χ2v) is 8.24. The number of piperidine rings is 1. The largest absolute Gasteiger partial charge is 0.379 e. The molecule has 2 unspecified atom stereocenters. The van der Waals surface area contributed by atoms with Crippen LogP contribution in [0.3, 0.4) is 0 Å². The predicted molar refractivity (Wildman–Crippen MR) is 108 cm³/mol. The van der Waals surface area contributed by atoms with Crippen molar-refractivity contribution in [3.63, 3.8) is 0 Å². The molecule has 7 nitrogen and oxygen atoms in total. The molecule has 3 fully saturated rings. The second kappa shape index (κ2) is 9.03. The lowest BCUT2D eigenvalue weighted by Crippen LogP contribution is -2.41. The van der Waals surface area contributed by atoms with Gasteiger partial charge >= 0.3 is 0 Å². The van der Waals surface area contributed by atoms with E-state index in [9.17, 15) is 9.59 Å². The first-order valence-corrected chi connectivity index (χ1v) is 10.4. The van der Waals surface area contributed by atoms with Gasteiger partial charge in [-0.1, -0.05) is 0 Å². The average Bonchev–Trinajstić information content (AvgIpc) is 3.02. The van der Waals surface area contributed by atoms with E-state index in [1.807, 2.05) is 24.3 Å². The first kappa shape index (κ1) is 19.4. The Morgan fingerprint density at radius 1 is 0.964 bits per heavy atom. The highest BCUT2D eigenvalue weighted by atomic mass is 16.5. The van der Waals surface area contributed by atoms with Crippen molar-refractivity contribution in [3.8, 4) is 0 Å². The van der Waals surface area contributed by atoms with Crippen LogP contribution in [-0.4, -0.2) is 61.6 Å². The number of benzene rings is 1. The lowest BCUT2D eigenvalue weighted by atomic mass is 9.89. The average molecular weight is 386 g/mol. The molecule has 152 valence electrons. The molecule has 2 bridgehead atoms. The number of carbonyl (C=O) groups is 2. The van der Waals surface area contributed by atoms with Gasteiger partial charge in [0.1, 0.15) is 0 Å². The minimum atomic E-state index is -0.0285. The van der Waals surface area contributed by atoms with Crippen LogP contribution >= 0.6 is 0 Å². The molecule has 3 heterocycles. The Balaban J connectivity index is 1.21. The summed E-state index contributed by atoms with van der Waals surface area (Å²) in [4.78, 5) is 26.6. The molecular weight excluding hydrogens is 356 g/mol. The Hall–Kier alpha value is -1.96. The predicted octanol–water partition coefficient (Wildman–Crippen LogP) is 1.82. The van der Waals surface area contributed by atoms with Crippen LogP contribution in [0.15, 0.2) is 24.3 Å². The van der Waals surface area contributed by atoms with Crippen LogP contribution in [0.5, 0.6) is 0 Å². The number of hydrogen-bond donors (Lipinski definition) is 3. The molecular formula is C21H30N4O3. The summed E-state index contributed by atoms with van der Waals surface area (Å²) in [6, 6.07) is 8.56. The summed E-state index contributed by atoms with van der Waals surface area (Å²) < 4.78 is 5.29. The van der Waals surface area contributed by atoms with Crippen molar-refractivity contribution in [2.75, 3.05) is 43.5 Å². The molecule has 3 aliphatic rings. The number of carbonyl (C=O) groups excluding carboxylic acids is 2. The first-order chi connectivity index (χ1) is 13.6. The van der Waals surface area contributed by atoms with E-state index in [-0.39, 0.29) is 11.8 Å². The van der Waals surface area contributed by atoms with Crippen molar-refractivity contribution in [3.05, 3.63) is 24.3 Å². The van der Waals surface area contributed by atoms with Gasteiger partial charge in [0.05, 0.1) is 19.8 Å². The van der Waals surface area contributed by atoms with Gasteiger partial charge < -0.3 is 20.7 Å². The Kier molecular flexibility index (Phi) is 6.24. The maximum Gasteiger partial charge on any atom is 0.238 e. The number of ether oxygens (including phenoxy) is 1. The summed E-state index contributed by atoms with van der Waals surface area (Å²) in [6.07, 6.45) is 5.31. The molecule has 4 rings (SSSR count). The highest BCUT2D eigenvalue weighted by Crippen LogP contribution is 2.32. The lowest BCUT2D eigenvalue weighted by Gasteiger charge is -2.28. The number of amides is 2. The number of anilines is 2. The standard InChI is InChI=1S/C21H30N4O3/c26-20(13-15-11-18-5-6-19(12-15)22-18)23-16-1-3-17(4-2-16)24-21(27)14-25-7-9-28-10-8-25/h1-4,15,18-19,22H,5-14H2,(H,23,26)(H,24,27). The van der Waals surface area contributed by atoms with Gasteiger partial charge in [0.15, 0.2) is 0 Å². The lowest BCUT2D eigenvalue weighted by molar-refractivity contribution is -0.118. The van der Waals surface area contributed by atoms with Crippen molar-refractivity contribution >= 4 is 23.2 Å². The van der Waals surface area contributed by atoms with Crippen LogP contribution in [-0.2, 0) is 14.3 Å².